The lowest BCUT2D eigenvalue weighted by molar-refractivity contribution is -0.132. The SMILES string of the molecule is Cc1ccccc1C(=O)N(CC(=O)N1CCN(c2ccc(-c3ccccc3)nn2)CC1)Cc1ccco1. The number of aromatic nitrogens is 2. The molecule has 8 heteroatoms. The number of amides is 2. The molecule has 0 atom stereocenters. The second kappa shape index (κ2) is 11.1. The molecule has 3 heterocycles. The molecular weight excluding hydrogens is 466 g/mol. The average molecular weight is 496 g/mol. The van der Waals surface area contributed by atoms with E-state index < -0.39 is 0 Å². The van der Waals surface area contributed by atoms with Gasteiger partial charge in [0, 0.05) is 37.3 Å². The summed E-state index contributed by atoms with van der Waals surface area (Å²) in [4.78, 5) is 32.1. The van der Waals surface area contributed by atoms with Gasteiger partial charge in [0.15, 0.2) is 5.82 Å². The highest BCUT2D eigenvalue weighted by Gasteiger charge is 2.27. The number of carbonyl (C=O) groups is 2. The van der Waals surface area contributed by atoms with Gasteiger partial charge in [-0.2, -0.15) is 0 Å². The van der Waals surface area contributed by atoms with E-state index in [2.05, 4.69) is 15.1 Å². The van der Waals surface area contributed by atoms with E-state index in [1.807, 2.05) is 78.6 Å². The van der Waals surface area contributed by atoms with Crippen LogP contribution in [0, 0.1) is 6.92 Å². The Balaban J connectivity index is 1.22. The maximum absolute atomic E-state index is 13.4. The molecule has 0 N–H and O–H groups in total. The minimum atomic E-state index is -0.185. The number of aryl methyl sites for hydroxylation is 1. The van der Waals surface area contributed by atoms with Gasteiger partial charge in [-0.1, -0.05) is 48.5 Å². The quantitative estimate of drug-likeness (QED) is 0.385. The molecule has 5 rings (SSSR count). The van der Waals surface area contributed by atoms with Crippen LogP contribution in [-0.4, -0.2) is 64.5 Å². The summed E-state index contributed by atoms with van der Waals surface area (Å²) in [7, 11) is 0. The predicted molar refractivity (Wildman–Crippen MR) is 141 cm³/mol. The van der Waals surface area contributed by atoms with E-state index in [0.717, 1.165) is 22.6 Å². The zero-order chi connectivity index (χ0) is 25.6. The van der Waals surface area contributed by atoms with Crippen LogP contribution in [0.3, 0.4) is 0 Å². The van der Waals surface area contributed by atoms with Gasteiger partial charge >= 0.3 is 0 Å². The Bertz CT molecular complexity index is 1330. The molecule has 37 heavy (non-hydrogen) atoms. The highest BCUT2D eigenvalue weighted by Crippen LogP contribution is 2.20. The summed E-state index contributed by atoms with van der Waals surface area (Å²) in [5.41, 5.74) is 3.31. The molecule has 2 aromatic carbocycles. The zero-order valence-corrected chi connectivity index (χ0v) is 20.8. The van der Waals surface area contributed by atoms with Crippen LogP contribution in [0.1, 0.15) is 21.7 Å². The monoisotopic (exact) mass is 495 g/mol. The Kier molecular flexibility index (Phi) is 7.26. The maximum atomic E-state index is 13.4. The van der Waals surface area contributed by atoms with Crippen LogP contribution in [0.15, 0.2) is 89.5 Å². The number of rotatable bonds is 7. The van der Waals surface area contributed by atoms with Crippen LogP contribution in [0.2, 0.25) is 0 Å². The molecule has 0 saturated carbocycles. The van der Waals surface area contributed by atoms with Gasteiger partial charge in [0.2, 0.25) is 5.91 Å². The van der Waals surface area contributed by atoms with Gasteiger partial charge in [-0.05, 0) is 42.8 Å². The van der Waals surface area contributed by atoms with Crippen molar-refractivity contribution < 1.29 is 14.0 Å². The number of nitrogens with zero attached hydrogens (tertiary/aromatic N) is 5. The first kappa shape index (κ1) is 24.2. The minimum Gasteiger partial charge on any atom is -0.467 e. The number of carbonyl (C=O) groups excluding carboxylic acids is 2. The normalized spacial score (nSPS) is 13.4. The van der Waals surface area contributed by atoms with Crippen LogP contribution in [0.5, 0.6) is 0 Å². The molecule has 1 fully saturated rings. The van der Waals surface area contributed by atoms with E-state index in [-0.39, 0.29) is 24.9 Å². The number of anilines is 1. The summed E-state index contributed by atoms with van der Waals surface area (Å²) < 4.78 is 5.47. The fourth-order valence-corrected chi connectivity index (χ4v) is 4.48. The summed E-state index contributed by atoms with van der Waals surface area (Å²) in [6.07, 6.45) is 1.57. The molecule has 8 nitrogen and oxygen atoms in total. The molecule has 0 unspecified atom stereocenters. The Morgan fingerprint density at radius 2 is 1.62 bits per heavy atom. The molecule has 0 aliphatic carbocycles. The van der Waals surface area contributed by atoms with Crippen LogP contribution >= 0.6 is 0 Å². The Labute approximate surface area is 216 Å². The van der Waals surface area contributed by atoms with Crippen molar-refractivity contribution in [1.29, 1.82) is 0 Å². The van der Waals surface area contributed by atoms with Crippen molar-refractivity contribution in [2.24, 2.45) is 0 Å². The average Bonchev–Trinajstić information content (AvgIpc) is 3.46. The Hall–Kier alpha value is -4.46. The van der Waals surface area contributed by atoms with Crippen molar-refractivity contribution >= 4 is 17.6 Å². The molecule has 1 aliphatic rings. The second-order valence-corrected chi connectivity index (χ2v) is 9.07. The van der Waals surface area contributed by atoms with Crippen molar-refractivity contribution in [1.82, 2.24) is 20.0 Å². The fraction of sp³-hybridized carbons (Fsp3) is 0.241. The third kappa shape index (κ3) is 5.69. The van der Waals surface area contributed by atoms with Crippen molar-refractivity contribution in [3.05, 3.63) is 102 Å². The van der Waals surface area contributed by atoms with E-state index in [9.17, 15) is 9.59 Å². The summed E-state index contributed by atoms with van der Waals surface area (Å²) in [6, 6.07) is 24.9. The topological polar surface area (TPSA) is 82.8 Å². The molecule has 1 saturated heterocycles. The maximum Gasteiger partial charge on any atom is 0.255 e. The number of furan rings is 1. The summed E-state index contributed by atoms with van der Waals surface area (Å²) in [5.74, 6) is 1.16. The van der Waals surface area contributed by atoms with Crippen LogP contribution in [0.25, 0.3) is 11.3 Å². The molecule has 188 valence electrons. The molecular formula is C29H29N5O3. The first-order valence-corrected chi connectivity index (χ1v) is 12.4. The van der Waals surface area contributed by atoms with Crippen molar-refractivity contribution in [3.63, 3.8) is 0 Å². The first-order valence-electron chi connectivity index (χ1n) is 12.4. The fourth-order valence-electron chi connectivity index (χ4n) is 4.48. The van der Waals surface area contributed by atoms with E-state index in [1.54, 1.807) is 23.3 Å². The van der Waals surface area contributed by atoms with Gasteiger partial charge in [-0.25, -0.2) is 0 Å². The highest BCUT2D eigenvalue weighted by molar-refractivity contribution is 5.97. The van der Waals surface area contributed by atoms with E-state index in [1.165, 1.54) is 0 Å². The molecule has 1 aliphatic heterocycles. The van der Waals surface area contributed by atoms with Crippen LogP contribution < -0.4 is 4.90 Å². The Morgan fingerprint density at radius 3 is 2.30 bits per heavy atom. The van der Waals surface area contributed by atoms with E-state index in [0.29, 0.717) is 37.5 Å². The lowest BCUT2D eigenvalue weighted by atomic mass is 10.1. The van der Waals surface area contributed by atoms with Crippen molar-refractivity contribution in [3.8, 4) is 11.3 Å². The number of hydrogen-bond donors (Lipinski definition) is 0. The molecule has 0 bridgehead atoms. The van der Waals surface area contributed by atoms with Gasteiger partial charge < -0.3 is 19.1 Å². The summed E-state index contributed by atoms with van der Waals surface area (Å²) in [5, 5.41) is 8.80. The van der Waals surface area contributed by atoms with Gasteiger partial charge in [0.1, 0.15) is 12.3 Å². The predicted octanol–water partition coefficient (Wildman–Crippen LogP) is 4.04. The highest BCUT2D eigenvalue weighted by atomic mass is 16.3. The molecule has 2 amide bonds. The van der Waals surface area contributed by atoms with Crippen molar-refractivity contribution in [2.75, 3.05) is 37.6 Å². The largest absolute Gasteiger partial charge is 0.467 e. The van der Waals surface area contributed by atoms with Gasteiger partial charge in [-0.3, -0.25) is 9.59 Å². The third-order valence-electron chi connectivity index (χ3n) is 6.59. The van der Waals surface area contributed by atoms with E-state index in [4.69, 9.17) is 4.42 Å². The third-order valence-corrected chi connectivity index (χ3v) is 6.59. The number of benzene rings is 2. The standard InChI is InChI=1S/C29H29N5O3/c1-22-8-5-6-12-25(22)29(36)34(20-24-11-7-19-37-24)21-28(35)33-17-15-32(16-18-33)27-14-13-26(30-31-27)23-9-3-2-4-10-23/h2-14,19H,15-18,20-21H2,1H3. The summed E-state index contributed by atoms with van der Waals surface area (Å²) >= 11 is 0. The summed E-state index contributed by atoms with van der Waals surface area (Å²) in [6.45, 7) is 4.51. The number of hydrogen-bond acceptors (Lipinski definition) is 6. The molecule has 0 spiro atoms. The van der Waals surface area contributed by atoms with Crippen LogP contribution in [0.4, 0.5) is 5.82 Å². The molecule has 2 aromatic heterocycles. The van der Waals surface area contributed by atoms with Crippen LogP contribution in [-0.2, 0) is 11.3 Å². The lowest BCUT2D eigenvalue weighted by Crippen LogP contribution is -2.52. The number of piperazine rings is 1. The smallest absolute Gasteiger partial charge is 0.255 e. The molecule has 4 aromatic rings. The van der Waals surface area contributed by atoms with Gasteiger partial charge in [0.25, 0.3) is 5.91 Å². The lowest BCUT2D eigenvalue weighted by Gasteiger charge is -2.36. The molecule has 0 radical (unpaired) electrons. The van der Waals surface area contributed by atoms with Crippen molar-refractivity contribution in [2.45, 2.75) is 13.5 Å². The zero-order valence-electron chi connectivity index (χ0n) is 20.8. The second-order valence-electron chi connectivity index (χ2n) is 9.07. The van der Waals surface area contributed by atoms with Gasteiger partial charge in [0.05, 0.1) is 18.5 Å². The van der Waals surface area contributed by atoms with E-state index >= 15 is 0 Å². The first-order chi connectivity index (χ1) is 18.1. The Morgan fingerprint density at radius 1 is 0.865 bits per heavy atom. The van der Waals surface area contributed by atoms with Gasteiger partial charge in [-0.15, -0.1) is 10.2 Å². The minimum absolute atomic E-state index is 0.0144.